The summed E-state index contributed by atoms with van der Waals surface area (Å²) in [6.07, 6.45) is 0. The van der Waals surface area contributed by atoms with Crippen molar-refractivity contribution in [3.8, 4) is 34.5 Å². The van der Waals surface area contributed by atoms with E-state index in [1.807, 2.05) is 39.8 Å². The molecule has 0 radical (unpaired) electrons. The molecule has 6 nitrogen and oxygen atoms in total. The number of benzene rings is 5. The van der Waals surface area contributed by atoms with Crippen molar-refractivity contribution in [2.75, 3.05) is 0 Å². The van der Waals surface area contributed by atoms with E-state index < -0.39 is 0 Å². The van der Waals surface area contributed by atoms with Gasteiger partial charge in [-0.15, -0.1) is 0 Å². The molecule has 2 N–H and O–H groups in total. The van der Waals surface area contributed by atoms with Crippen molar-refractivity contribution in [1.82, 2.24) is 0 Å². The summed E-state index contributed by atoms with van der Waals surface area (Å²) in [6.45, 7) is 7.97. The molecular weight excluding hydrogens is 552 g/mol. The second kappa shape index (κ2) is 12.9. The van der Waals surface area contributed by atoms with E-state index in [4.69, 9.17) is 9.47 Å². The summed E-state index contributed by atoms with van der Waals surface area (Å²) in [7, 11) is 0. The molecule has 6 heteroatoms. The topological polar surface area (TPSA) is 93.1 Å². The Kier molecular flexibility index (Phi) is 8.81. The van der Waals surface area contributed by atoms with Gasteiger partial charge in [-0.2, -0.15) is 0 Å². The van der Waals surface area contributed by atoms with Crippen LogP contribution in [0.5, 0.6) is 34.5 Å². The van der Waals surface area contributed by atoms with Gasteiger partial charge in [0, 0.05) is 23.3 Å². The fourth-order valence-electron chi connectivity index (χ4n) is 4.93. The van der Waals surface area contributed by atoms with Gasteiger partial charge in [-0.25, -0.2) is 0 Å². The van der Waals surface area contributed by atoms with Gasteiger partial charge in [0.25, 0.3) is 0 Å². The zero-order valence-electron chi connectivity index (χ0n) is 25.1. The van der Waals surface area contributed by atoms with Crippen LogP contribution in [0.3, 0.4) is 0 Å². The average molecular weight is 587 g/mol. The van der Waals surface area contributed by atoms with Crippen molar-refractivity contribution in [2.24, 2.45) is 0 Å². The summed E-state index contributed by atoms with van der Waals surface area (Å²) in [5.74, 6) is 1.12. The van der Waals surface area contributed by atoms with Crippen molar-refractivity contribution >= 4 is 11.6 Å². The van der Waals surface area contributed by atoms with E-state index in [1.165, 1.54) is 12.1 Å². The van der Waals surface area contributed by atoms with Gasteiger partial charge in [-0.1, -0.05) is 88.4 Å². The van der Waals surface area contributed by atoms with E-state index in [1.54, 1.807) is 84.9 Å². The molecule has 0 aliphatic rings. The van der Waals surface area contributed by atoms with Gasteiger partial charge in [0.1, 0.15) is 34.5 Å². The number of carbonyl (C=O) groups is 2. The Bertz CT molecular complexity index is 1660. The molecule has 0 amide bonds. The lowest BCUT2D eigenvalue weighted by Gasteiger charge is -2.18. The van der Waals surface area contributed by atoms with E-state index in [9.17, 15) is 19.8 Å². The smallest absolute Gasteiger partial charge is 0.196 e. The summed E-state index contributed by atoms with van der Waals surface area (Å²) in [4.78, 5) is 26.1. The highest BCUT2D eigenvalue weighted by Gasteiger charge is 2.21. The third-order valence-corrected chi connectivity index (χ3v) is 7.34. The first-order valence-corrected chi connectivity index (χ1v) is 14.5. The van der Waals surface area contributed by atoms with E-state index in [-0.39, 0.29) is 46.0 Å². The first-order valence-electron chi connectivity index (χ1n) is 14.5. The van der Waals surface area contributed by atoms with Gasteiger partial charge >= 0.3 is 0 Å². The first kappa shape index (κ1) is 30.1. The lowest BCUT2D eigenvalue weighted by Crippen LogP contribution is -2.05. The summed E-state index contributed by atoms with van der Waals surface area (Å²) in [5.41, 5.74) is 2.99. The van der Waals surface area contributed by atoms with Crippen LogP contribution in [0.15, 0.2) is 109 Å². The van der Waals surface area contributed by atoms with Crippen molar-refractivity contribution < 1.29 is 29.3 Å². The molecule has 5 aromatic rings. The largest absolute Gasteiger partial charge is 0.507 e. The quantitative estimate of drug-likeness (QED) is 0.158. The predicted octanol–water partition coefficient (Wildman–Crippen LogP) is 9.39. The van der Waals surface area contributed by atoms with Crippen LogP contribution in [0.4, 0.5) is 0 Å². The van der Waals surface area contributed by atoms with E-state index in [0.717, 1.165) is 11.1 Å². The second-order valence-electron chi connectivity index (χ2n) is 11.2. The molecule has 0 fully saturated rings. The van der Waals surface area contributed by atoms with Gasteiger partial charge in [0.2, 0.25) is 0 Å². The normalized spacial score (nSPS) is 11.0. The molecule has 222 valence electrons. The molecule has 0 aliphatic heterocycles. The predicted molar refractivity (Wildman–Crippen MR) is 171 cm³/mol. The molecule has 0 saturated carbocycles. The minimum Gasteiger partial charge on any atom is -0.507 e. The van der Waals surface area contributed by atoms with Crippen LogP contribution in [-0.2, 0) is 0 Å². The maximum atomic E-state index is 13.1. The molecule has 5 aromatic carbocycles. The molecule has 0 aliphatic carbocycles. The minimum absolute atomic E-state index is 0.0226. The van der Waals surface area contributed by atoms with Gasteiger partial charge < -0.3 is 19.7 Å². The van der Waals surface area contributed by atoms with Crippen LogP contribution in [0.25, 0.3) is 0 Å². The molecule has 0 aromatic heterocycles. The standard InChI is InChI=1S/C38H34O6/c1-23(2)29-19-31(37(41)25-11-7-5-8-12-25)33(39)21-35(29)43-27-15-17-28(18-16-27)44-36-22-34(40)32(20-30(36)24(3)4)38(42)26-13-9-6-10-14-26/h5-24,39-40H,1-4H3. The number of ketones is 2. The van der Waals surface area contributed by atoms with Crippen LogP contribution in [-0.4, -0.2) is 21.8 Å². The Morgan fingerprint density at radius 2 is 0.864 bits per heavy atom. The number of hydrogen-bond acceptors (Lipinski definition) is 6. The molecule has 0 bridgehead atoms. The summed E-state index contributed by atoms with van der Waals surface area (Å²) in [6, 6.07) is 31.0. The molecule has 44 heavy (non-hydrogen) atoms. The van der Waals surface area contributed by atoms with Crippen molar-refractivity contribution in [3.05, 3.63) is 143 Å². The SMILES string of the molecule is CC(C)c1cc(C(=O)c2ccccc2)c(O)cc1Oc1ccc(Oc2cc(O)c(C(=O)c3ccccc3)cc2C(C)C)cc1. The number of phenolic OH excluding ortho intramolecular Hbond substituents is 2. The molecular formula is C38H34O6. The van der Waals surface area contributed by atoms with E-state index in [2.05, 4.69) is 0 Å². The molecule has 5 rings (SSSR count). The third kappa shape index (κ3) is 6.50. The molecule has 0 saturated heterocycles. The summed E-state index contributed by atoms with van der Waals surface area (Å²) >= 11 is 0. The highest BCUT2D eigenvalue weighted by molar-refractivity contribution is 6.11. The fraction of sp³-hybridized carbons (Fsp3) is 0.158. The lowest BCUT2D eigenvalue weighted by molar-refractivity contribution is 0.102. The molecule has 0 heterocycles. The zero-order valence-corrected chi connectivity index (χ0v) is 25.1. The Labute approximate surface area is 257 Å². The van der Waals surface area contributed by atoms with Crippen molar-refractivity contribution in [3.63, 3.8) is 0 Å². The number of hydrogen-bond donors (Lipinski definition) is 2. The highest BCUT2D eigenvalue weighted by Crippen LogP contribution is 2.39. The molecule has 0 unspecified atom stereocenters. The van der Waals surface area contributed by atoms with Crippen molar-refractivity contribution in [1.29, 1.82) is 0 Å². The molecule has 0 spiro atoms. The van der Waals surface area contributed by atoms with Crippen LogP contribution < -0.4 is 9.47 Å². The van der Waals surface area contributed by atoms with Gasteiger partial charge in [-0.3, -0.25) is 9.59 Å². The number of rotatable bonds is 10. The van der Waals surface area contributed by atoms with Crippen LogP contribution in [0, 0.1) is 0 Å². The number of ether oxygens (including phenoxy) is 2. The Morgan fingerprint density at radius 1 is 0.523 bits per heavy atom. The average Bonchev–Trinajstić information content (AvgIpc) is 3.02. The Balaban J connectivity index is 1.37. The molecule has 0 atom stereocenters. The van der Waals surface area contributed by atoms with Gasteiger partial charge in [0.15, 0.2) is 11.6 Å². The first-order chi connectivity index (χ1) is 21.1. The number of aromatic hydroxyl groups is 2. The second-order valence-corrected chi connectivity index (χ2v) is 11.2. The van der Waals surface area contributed by atoms with Gasteiger partial charge in [0.05, 0.1) is 11.1 Å². The number of carbonyl (C=O) groups excluding carboxylic acids is 2. The zero-order chi connectivity index (χ0) is 31.4. The maximum absolute atomic E-state index is 13.1. The van der Waals surface area contributed by atoms with E-state index in [0.29, 0.717) is 34.1 Å². The minimum atomic E-state index is -0.262. The maximum Gasteiger partial charge on any atom is 0.196 e. The summed E-state index contributed by atoms with van der Waals surface area (Å²) in [5, 5.41) is 21.5. The summed E-state index contributed by atoms with van der Waals surface area (Å²) < 4.78 is 12.3. The third-order valence-electron chi connectivity index (χ3n) is 7.34. The number of phenols is 2. The monoisotopic (exact) mass is 586 g/mol. The Hall–Kier alpha value is -5.36. The van der Waals surface area contributed by atoms with Gasteiger partial charge in [-0.05, 0) is 59.4 Å². The highest BCUT2D eigenvalue weighted by atomic mass is 16.5. The van der Waals surface area contributed by atoms with Crippen LogP contribution in [0.1, 0.15) is 82.5 Å². The Morgan fingerprint density at radius 3 is 1.18 bits per heavy atom. The lowest BCUT2D eigenvalue weighted by atomic mass is 9.95. The van der Waals surface area contributed by atoms with Crippen LogP contribution >= 0.6 is 0 Å². The van der Waals surface area contributed by atoms with Crippen molar-refractivity contribution in [2.45, 2.75) is 39.5 Å². The van der Waals surface area contributed by atoms with E-state index >= 15 is 0 Å². The van der Waals surface area contributed by atoms with Crippen LogP contribution in [0.2, 0.25) is 0 Å². The fourth-order valence-corrected chi connectivity index (χ4v) is 4.93.